The standard InChI is InChI=1S/C19H30N4O2/c1-2-17-20-11-13-22(17)12-5-10-21-19(25)15-8-9-18(24)23(14-15)16-6-3-4-7-16/h11,13,15-16H,2-10,12,14H2,1H3,(H,21,25). The van der Waals surface area contributed by atoms with Crippen LogP contribution in [0.25, 0.3) is 0 Å². The summed E-state index contributed by atoms with van der Waals surface area (Å²) in [6.45, 7) is 4.26. The van der Waals surface area contributed by atoms with Gasteiger partial charge in [0.2, 0.25) is 11.8 Å². The van der Waals surface area contributed by atoms with Crippen molar-refractivity contribution in [1.29, 1.82) is 0 Å². The number of likely N-dealkylation sites (tertiary alicyclic amines) is 1. The molecule has 1 N–H and O–H groups in total. The fourth-order valence-corrected chi connectivity index (χ4v) is 4.12. The van der Waals surface area contributed by atoms with Crippen LogP contribution in [-0.2, 0) is 22.6 Å². The minimum Gasteiger partial charge on any atom is -0.356 e. The quantitative estimate of drug-likeness (QED) is 0.769. The molecule has 1 saturated heterocycles. The summed E-state index contributed by atoms with van der Waals surface area (Å²) < 4.78 is 2.15. The van der Waals surface area contributed by atoms with E-state index in [2.05, 4.69) is 21.8 Å². The van der Waals surface area contributed by atoms with E-state index in [1.807, 2.05) is 17.3 Å². The molecule has 1 unspecified atom stereocenters. The Bertz CT molecular complexity index is 592. The summed E-state index contributed by atoms with van der Waals surface area (Å²) in [6, 6.07) is 0.372. The third-order valence-electron chi connectivity index (χ3n) is 5.57. The molecule has 138 valence electrons. The van der Waals surface area contributed by atoms with Gasteiger partial charge in [-0.05, 0) is 25.7 Å². The van der Waals surface area contributed by atoms with E-state index in [1.54, 1.807) is 0 Å². The second kappa shape index (κ2) is 8.50. The highest BCUT2D eigenvalue weighted by atomic mass is 16.2. The maximum Gasteiger partial charge on any atom is 0.224 e. The number of hydrogen-bond acceptors (Lipinski definition) is 3. The predicted octanol–water partition coefficient (Wildman–Crippen LogP) is 2.13. The molecule has 1 aliphatic carbocycles. The topological polar surface area (TPSA) is 67.2 Å². The van der Waals surface area contributed by atoms with E-state index in [1.165, 1.54) is 12.8 Å². The Labute approximate surface area is 150 Å². The van der Waals surface area contributed by atoms with Gasteiger partial charge in [0, 0.05) is 50.9 Å². The van der Waals surface area contributed by atoms with Crippen LogP contribution in [0.15, 0.2) is 12.4 Å². The van der Waals surface area contributed by atoms with Crippen molar-refractivity contribution in [3.63, 3.8) is 0 Å². The van der Waals surface area contributed by atoms with Gasteiger partial charge in [-0.25, -0.2) is 4.98 Å². The van der Waals surface area contributed by atoms with E-state index in [-0.39, 0.29) is 17.7 Å². The number of carbonyl (C=O) groups excluding carboxylic acids is 2. The first-order valence-corrected chi connectivity index (χ1v) is 9.76. The minimum atomic E-state index is -0.0438. The highest BCUT2D eigenvalue weighted by Gasteiger charge is 2.34. The Kier molecular flexibility index (Phi) is 6.10. The van der Waals surface area contributed by atoms with Crippen molar-refractivity contribution in [3.8, 4) is 0 Å². The van der Waals surface area contributed by atoms with Gasteiger partial charge < -0.3 is 14.8 Å². The smallest absolute Gasteiger partial charge is 0.224 e. The second-order valence-electron chi connectivity index (χ2n) is 7.25. The molecular weight excluding hydrogens is 316 g/mol. The number of piperidine rings is 1. The van der Waals surface area contributed by atoms with Crippen molar-refractivity contribution in [2.75, 3.05) is 13.1 Å². The van der Waals surface area contributed by atoms with Crippen molar-refractivity contribution >= 4 is 11.8 Å². The average Bonchev–Trinajstić information content (AvgIpc) is 3.30. The summed E-state index contributed by atoms with van der Waals surface area (Å²) in [5.41, 5.74) is 0. The number of nitrogens with one attached hydrogen (secondary N) is 1. The summed E-state index contributed by atoms with van der Waals surface area (Å²) in [5, 5.41) is 3.07. The molecule has 1 atom stereocenters. The van der Waals surface area contributed by atoms with Gasteiger partial charge in [0.1, 0.15) is 5.82 Å². The summed E-state index contributed by atoms with van der Waals surface area (Å²) in [4.78, 5) is 31.0. The van der Waals surface area contributed by atoms with Crippen LogP contribution >= 0.6 is 0 Å². The third-order valence-corrected chi connectivity index (χ3v) is 5.57. The van der Waals surface area contributed by atoms with Gasteiger partial charge in [0.05, 0.1) is 5.92 Å². The summed E-state index contributed by atoms with van der Waals surface area (Å²) in [6.07, 6.45) is 11.5. The van der Waals surface area contributed by atoms with Crippen molar-refractivity contribution in [1.82, 2.24) is 19.8 Å². The third kappa shape index (κ3) is 4.41. The van der Waals surface area contributed by atoms with Crippen molar-refractivity contribution in [2.45, 2.75) is 70.9 Å². The van der Waals surface area contributed by atoms with Gasteiger partial charge >= 0.3 is 0 Å². The number of hydrogen-bond donors (Lipinski definition) is 1. The molecule has 1 aliphatic heterocycles. The first-order valence-electron chi connectivity index (χ1n) is 9.76. The molecule has 0 bridgehead atoms. The molecule has 1 aromatic heterocycles. The Hall–Kier alpha value is -1.85. The normalized spacial score (nSPS) is 21.7. The molecule has 3 rings (SSSR count). The summed E-state index contributed by atoms with van der Waals surface area (Å²) in [7, 11) is 0. The molecule has 2 amide bonds. The molecule has 2 aliphatic rings. The number of aryl methyl sites for hydroxylation is 2. The van der Waals surface area contributed by atoms with Crippen molar-refractivity contribution in [3.05, 3.63) is 18.2 Å². The molecular formula is C19H30N4O2. The largest absolute Gasteiger partial charge is 0.356 e. The molecule has 25 heavy (non-hydrogen) atoms. The zero-order valence-electron chi connectivity index (χ0n) is 15.2. The van der Waals surface area contributed by atoms with Crippen LogP contribution in [0, 0.1) is 5.92 Å². The van der Waals surface area contributed by atoms with E-state index in [0.29, 0.717) is 32.0 Å². The summed E-state index contributed by atoms with van der Waals surface area (Å²) in [5.74, 6) is 1.39. The van der Waals surface area contributed by atoms with E-state index in [4.69, 9.17) is 0 Å². The van der Waals surface area contributed by atoms with E-state index in [9.17, 15) is 9.59 Å². The SMILES string of the molecule is CCc1nccn1CCCNC(=O)C1CCC(=O)N(C2CCCC2)C1. The lowest BCUT2D eigenvalue weighted by atomic mass is 9.95. The highest BCUT2D eigenvalue weighted by Crippen LogP contribution is 2.28. The van der Waals surface area contributed by atoms with Crippen LogP contribution in [0.3, 0.4) is 0 Å². The van der Waals surface area contributed by atoms with Crippen LogP contribution < -0.4 is 5.32 Å². The number of imidazole rings is 1. The molecule has 2 heterocycles. The molecule has 0 aromatic carbocycles. The number of amides is 2. The zero-order valence-corrected chi connectivity index (χ0v) is 15.2. The van der Waals surface area contributed by atoms with Crippen LogP contribution in [0.4, 0.5) is 0 Å². The predicted molar refractivity (Wildman–Crippen MR) is 95.9 cm³/mol. The Balaban J connectivity index is 1.42. The zero-order chi connectivity index (χ0) is 17.6. The van der Waals surface area contributed by atoms with E-state index >= 15 is 0 Å². The van der Waals surface area contributed by atoms with Gasteiger partial charge in [0.25, 0.3) is 0 Å². The highest BCUT2D eigenvalue weighted by molar-refractivity contribution is 5.84. The van der Waals surface area contributed by atoms with Crippen LogP contribution in [0.1, 0.15) is 57.7 Å². The Morgan fingerprint density at radius 2 is 2.12 bits per heavy atom. The number of carbonyl (C=O) groups is 2. The van der Waals surface area contributed by atoms with E-state index in [0.717, 1.165) is 38.1 Å². The summed E-state index contributed by atoms with van der Waals surface area (Å²) >= 11 is 0. The molecule has 0 spiro atoms. The molecule has 6 heteroatoms. The Morgan fingerprint density at radius 1 is 1.32 bits per heavy atom. The molecule has 6 nitrogen and oxygen atoms in total. The molecule has 0 radical (unpaired) electrons. The van der Waals surface area contributed by atoms with Crippen LogP contribution in [-0.4, -0.2) is 45.4 Å². The van der Waals surface area contributed by atoms with Gasteiger partial charge in [0.15, 0.2) is 0 Å². The van der Waals surface area contributed by atoms with Crippen molar-refractivity contribution < 1.29 is 9.59 Å². The Morgan fingerprint density at radius 3 is 2.88 bits per heavy atom. The van der Waals surface area contributed by atoms with Gasteiger partial charge in [-0.15, -0.1) is 0 Å². The van der Waals surface area contributed by atoms with Gasteiger partial charge in [-0.2, -0.15) is 0 Å². The lowest BCUT2D eigenvalue weighted by Crippen LogP contribution is -2.49. The van der Waals surface area contributed by atoms with E-state index < -0.39 is 0 Å². The van der Waals surface area contributed by atoms with Crippen LogP contribution in [0.5, 0.6) is 0 Å². The first-order chi connectivity index (χ1) is 12.2. The molecule has 1 aromatic rings. The van der Waals surface area contributed by atoms with Crippen LogP contribution in [0.2, 0.25) is 0 Å². The van der Waals surface area contributed by atoms with Crippen molar-refractivity contribution in [2.24, 2.45) is 5.92 Å². The molecule has 2 fully saturated rings. The van der Waals surface area contributed by atoms with Gasteiger partial charge in [-0.3, -0.25) is 9.59 Å². The lowest BCUT2D eigenvalue weighted by molar-refractivity contribution is -0.140. The lowest BCUT2D eigenvalue weighted by Gasteiger charge is -2.36. The monoisotopic (exact) mass is 346 g/mol. The number of nitrogens with zero attached hydrogens (tertiary/aromatic N) is 3. The maximum absolute atomic E-state index is 12.5. The minimum absolute atomic E-state index is 0.0438. The fraction of sp³-hybridized carbons (Fsp3) is 0.737. The van der Waals surface area contributed by atoms with Gasteiger partial charge in [-0.1, -0.05) is 19.8 Å². The maximum atomic E-state index is 12.5. The number of rotatable bonds is 7. The second-order valence-corrected chi connectivity index (χ2v) is 7.25. The fourth-order valence-electron chi connectivity index (χ4n) is 4.12. The average molecular weight is 346 g/mol. The first kappa shape index (κ1) is 18.0. The molecule has 1 saturated carbocycles. The number of aromatic nitrogens is 2.